The molecule has 2 N–H and O–H groups in total. The van der Waals surface area contributed by atoms with E-state index >= 15 is 0 Å². The summed E-state index contributed by atoms with van der Waals surface area (Å²) in [7, 11) is 1.59. The maximum atomic E-state index is 12.7. The molecule has 4 heteroatoms. The van der Waals surface area contributed by atoms with Crippen LogP contribution in [0.3, 0.4) is 0 Å². The summed E-state index contributed by atoms with van der Waals surface area (Å²) in [4.78, 5) is 12.7. The van der Waals surface area contributed by atoms with Crippen LogP contribution in [-0.2, 0) is 0 Å². The molecule has 0 spiro atoms. The molecule has 4 nitrogen and oxygen atoms in total. The highest BCUT2D eigenvalue weighted by molar-refractivity contribution is 6.15. The molecule has 1 amide bonds. The van der Waals surface area contributed by atoms with E-state index in [-0.39, 0.29) is 17.2 Å². The Morgan fingerprint density at radius 3 is 2.61 bits per heavy atom. The Hall–Kier alpha value is -3.01. The van der Waals surface area contributed by atoms with Crippen molar-refractivity contribution in [2.75, 3.05) is 12.4 Å². The molecule has 116 valence electrons. The zero-order valence-electron chi connectivity index (χ0n) is 13.0. The van der Waals surface area contributed by atoms with Gasteiger partial charge in [0.25, 0.3) is 5.91 Å². The van der Waals surface area contributed by atoms with Crippen LogP contribution in [0.2, 0.25) is 0 Å². The Morgan fingerprint density at radius 2 is 1.87 bits per heavy atom. The number of benzene rings is 3. The van der Waals surface area contributed by atoms with E-state index in [4.69, 9.17) is 4.74 Å². The number of hydrogen-bond donors (Lipinski definition) is 2. The van der Waals surface area contributed by atoms with Gasteiger partial charge in [-0.3, -0.25) is 4.79 Å². The molecule has 0 aromatic heterocycles. The topological polar surface area (TPSA) is 58.6 Å². The lowest BCUT2D eigenvalue weighted by molar-refractivity contribution is 0.102. The molecule has 3 aromatic rings. The van der Waals surface area contributed by atoms with E-state index in [9.17, 15) is 9.90 Å². The number of carbonyl (C=O) groups is 1. The van der Waals surface area contributed by atoms with Gasteiger partial charge in [0.2, 0.25) is 0 Å². The van der Waals surface area contributed by atoms with Crippen LogP contribution in [0.4, 0.5) is 5.69 Å². The van der Waals surface area contributed by atoms with Crippen molar-refractivity contribution in [1.29, 1.82) is 0 Å². The molecular weight excluding hydrogens is 290 g/mol. The van der Waals surface area contributed by atoms with E-state index in [1.54, 1.807) is 25.3 Å². The minimum atomic E-state index is -0.340. The van der Waals surface area contributed by atoms with Gasteiger partial charge in [-0.1, -0.05) is 24.3 Å². The molecule has 0 aliphatic heterocycles. The molecule has 0 radical (unpaired) electrons. The molecule has 23 heavy (non-hydrogen) atoms. The quantitative estimate of drug-likeness (QED) is 0.765. The van der Waals surface area contributed by atoms with Crippen molar-refractivity contribution in [3.05, 3.63) is 65.7 Å². The van der Waals surface area contributed by atoms with Gasteiger partial charge >= 0.3 is 0 Å². The first-order valence-electron chi connectivity index (χ1n) is 7.27. The molecule has 0 saturated heterocycles. The third-order valence-electron chi connectivity index (χ3n) is 3.83. The molecule has 0 unspecified atom stereocenters. The molecule has 3 aromatic carbocycles. The fourth-order valence-electron chi connectivity index (χ4n) is 2.56. The highest BCUT2D eigenvalue weighted by atomic mass is 16.5. The number of amides is 1. The van der Waals surface area contributed by atoms with Gasteiger partial charge < -0.3 is 15.2 Å². The van der Waals surface area contributed by atoms with Crippen LogP contribution < -0.4 is 10.1 Å². The van der Waals surface area contributed by atoms with Crippen molar-refractivity contribution in [3.63, 3.8) is 0 Å². The summed E-state index contributed by atoms with van der Waals surface area (Å²) in [5, 5.41) is 14.5. The third-order valence-corrected chi connectivity index (χ3v) is 3.83. The molecule has 0 atom stereocenters. The van der Waals surface area contributed by atoms with Gasteiger partial charge in [-0.05, 0) is 53.6 Å². The van der Waals surface area contributed by atoms with E-state index in [1.807, 2.05) is 37.3 Å². The van der Waals surface area contributed by atoms with Gasteiger partial charge in [-0.25, -0.2) is 0 Å². The Balaban J connectivity index is 2.06. The van der Waals surface area contributed by atoms with Crippen LogP contribution in [0.15, 0.2) is 54.6 Å². The maximum absolute atomic E-state index is 12.7. The summed E-state index contributed by atoms with van der Waals surface area (Å²) in [6.07, 6.45) is 0. The first-order chi connectivity index (χ1) is 11.1. The van der Waals surface area contributed by atoms with Crippen molar-refractivity contribution >= 4 is 22.4 Å². The number of phenolic OH excluding ortho intramolecular Hbond substituents is 1. The highest BCUT2D eigenvalue weighted by Crippen LogP contribution is 2.30. The molecule has 0 aliphatic rings. The van der Waals surface area contributed by atoms with Gasteiger partial charge in [0.05, 0.1) is 12.7 Å². The van der Waals surface area contributed by atoms with Crippen LogP contribution in [0.25, 0.3) is 10.8 Å². The van der Waals surface area contributed by atoms with E-state index in [0.717, 1.165) is 16.6 Å². The number of methoxy groups -OCH3 is 1. The summed E-state index contributed by atoms with van der Waals surface area (Å²) >= 11 is 0. The Kier molecular flexibility index (Phi) is 3.89. The number of carbonyl (C=O) groups excluding carboxylic acids is 1. The number of rotatable bonds is 3. The monoisotopic (exact) mass is 307 g/mol. The van der Waals surface area contributed by atoms with Crippen LogP contribution in [0.1, 0.15) is 15.9 Å². The molecule has 0 saturated carbocycles. The van der Waals surface area contributed by atoms with Crippen molar-refractivity contribution in [2.24, 2.45) is 0 Å². The number of fused-ring (bicyclic) bond motifs is 1. The zero-order chi connectivity index (χ0) is 16.4. The normalized spacial score (nSPS) is 10.5. The van der Waals surface area contributed by atoms with Crippen LogP contribution in [0, 0.1) is 6.92 Å². The number of ether oxygens (including phenoxy) is 1. The number of nitrogens with one attached hydrogen (secondary N) is 1. The van der Waals surface area contributed by atoms with E-state index in [0.29, 0.717) is 11.1 Å². The maximum Gasteiger partial charge on any atom is 0.260 e. The van der Waals surface area contributed by atoms with Crippen LogP contribution in [-0.4, -0.2) is 18.1 Å². The smallest absolute Gasteiger partial charge is 0.260 e. The molecule has 0 bridgehead atoms. The lowest BCUT2D eigenvalue weighted by Crippen LogP contribution is -2.13. The average molecular weight is 307 g/mol. The predicted octanol–water partition coefficient (Wildman–Crippen LogP) is 4.11. The lowest BCUT2D eigenvalue weighted by Gasteiger charge is -2.12. The fraction of sp³-hybridized carbons (Fsp3) is 0.105. The molecule has 0 fully saturated rings. The molecular formula is C19H17NO3. The molecule has 3 rings (SSSR count). The number of aromatic hydroxyl groups is 1. The summed E-state index contributed by atoms with van der Waals surface area (Å²) in [6, 6.07) is 16.2. The van der Waals surface area contributed by atoms with Gasteiger partial charge in [0.1, 0.15) is 11.5 Å². The molecule has 0 heterocycles. The zero-order valence-corrected chi connectivity index (χ0v) is 13.0. The highest BCUT2D eigenvalue weighted by Gasteiger charge is 2.16. The van der Waals surface area contributed by atoms with Crippen LogP contribution in [0.5, 0.6) is 11.5 Å². The largest absolute Gasteiger partial charge is 0.507 e. The fourth-order valence-corrected chi connectivity index (χ4v) is 2.56. The SMILES string of the molecule is COc1ccc2c(C(=O)Nc3ccccc3C)c(O)ccc2c1. The van der Waals surface area contributed by atoms with Gasteiger partial charge in [0.15, 0.2) is 0 Å². The minimum absolute atomic E-state index is 0.0475. The second kappa shape index (κ2) is 6.01. The van der Waals surface area contributed by atoms with E-state index in [2.05, 4.69) is 5.32 Å². The van der Waals surface area contributed by atoms with Crippen LogP contribution >= 0.6 is 0 Å². The number of hydrogen-bond acceptors (Lipinski definition) is 3. The Bertz CT molecular complexity index is 887. The van der Waals surface area contributed by atoms with E-state index < -0.39 is 0 Å². The summed E-state index contributed by atoms with van der Waals surface area (Å²) in [5.41, 5.74) is 1.94. The van der Waals surface area contributed by atoms with Crippen molar-refractivity contribution < 1.29 is 14.6 Å². The Labute approximate surface area is 134 Å². The second-order valence-electron chi connectivity index (χ2n) is 5.32. The first-order valence-corrected chi connectivity index (χ1v) is 7.27. The second-order valence-corrected chi connectivity index (χ2v) is 5.32. The predicted molar refractivity (Wildman–Crippen MR) is 91.3 cm³/mol. The number of aryl methyl sites for hydroxylation is 1. The number of phenols is 1. The van der Waals surface area contributed by atoms with Gasteiger partial charge in [-0.15, -0.1) is 0 Å². The number of anilines is 1. The third kappa shape index (κ3) is 2.83. The standard InChI is InChI=1S/C19H17NO3/c1-12-5-3-4-6-16(12)20-19(22)18-15-9-8-14(23-2)11-13(15)7-10-17(18)21/h3-11,21H,1-2H3,(H,20,22). The van der Waals surface area contributed by atoms with Gasteiger partial charge in [0, 0.05) is 5.69 Å². The number of para-hydroxylation sites is 1. The lowest BCUT2D eigenvalue weighted by atomic mass is 10.0. The summed E-state index contributed by atoms with van der Waals surface area (Å²) < 4.78 is 5.20. The van der Waals surface area contributed by atoms with Crippen molar-refractivity contribution in [3.8, 4) is 11.5 Å². The Morgan fingerprint density at radius 1 is 1.09 bits per heavy atom. The van der Waals surface area contributed by atoms with E-state index in [1.165, 1.54) is 6.07 Å². The summed E-state index contributed by atoms with van der Waals surface area (Å²) in [6.45, 7) is 1.92. The average Bonchev–Trinajstić information content (AvgIpc) is 2.56. The summed E-state index contributed by atoms with van der Waals surface area (Å²) in [5.74, 6) is 0.315. The van der Waals surface area contributed by atoms with Gasteiger partial charge in [-0.2, -0.15) is 0 Å². The van der Waals surface area contributed by atoms with Crippen molar-refractivity contribution in [2.45, 2.75) is 6.92 Å². The minimum Gasteiger partial charge on any atom is -0.507 e. The first kappa shape index (κ1) is 14.9. The van der Waals surface area contributed by atoms with Crippen molar-refractivity contribution in [1.82, 2.24) is 0 Å². The molecule has 0 aliphatic carbocycles.